The molecule has 0 fully saturated rings. The SMILES string of the molecule is CCC(C)(C)C(=O)NC.[HH]. The second-order valence-electron chi connectivity index (χ2n) is 2.82. The maximum absolute atomic E-state index is 11.0. The molecule has 0 saturated heterocycles. The third kappa shape index (κ3) is 2.04. The Morgan fingerprint density at radius 3 is 2.22 bits per heavy atom. The van der Waals surface area contributed by atoms with E-state index in [0.717, 1.165) is 6.42 Å². The molecule has 0 aromatic carbocycles. The molecule has 0 aromatic rings. The fourth-order valence-electron chi connectivity index (χ4n) is 0.499. The van der Waals surface area contributed by atoms with Gasteiger partial charge in [-0.25, -0.2) is 0 Å². The van der Waals surface area contributed by atoms with Crippen LogP contribution in [0.1, 0.15) is 28.6 Å². The van der Waals surface area contributed by atoms with Gasteiger partial charge >= 0.3 is 0 Å². The zero-order valence-electron chi connectivity index (χ0n) is 6.62. The topological polar surface area (TPSA) is 29.1 Å². The number of rotatable bonds is 2. The molecule has 0 atom stereocenters. The van der Waals surface area contributed by atoms with Gasteiger partial charge in [-0.05, 0) is 6.42 Å². The van der Waals surface area contributed by atoms with Crippen LogP contribution in [0.15, 0.2) is 0 Å². The molecule has 2 heteroatoms. The molecule has 1 N–H and O–H groups in total. The normalized spacial score (nSPS) is 11.1. The molecular formula is C7H17NO. The molecule has 9 heavy (non-hydrogen) atoms. The Kier molecular flexibility index (Phi) is 2.68. The van der Waals surface area contributed by atoms with Gasteiger partial charge < -0.3 is 5.32 Å². The quantitative estimate of drug-likeness (QED) is 0.603. The molecule has 0 rings (SSSR count). The van der Waals surface area contributed by atoms with Gasteiger partial charge in [0.15, 0.2) is 0 Å². The second-order valence-corrected chi connectivity index (χ2v) is 2.82. The fourth-order valence-corrected chi connectivity index (χ4v) is 0.499. The average molecular weight is 131 g/mol. The molecule has 56 valence electrons. The lowest BCUT2D eigenvalue weighted by molar-refractivity contribution is -0.128. The molecule has 0 bridgehead atoms. The Balaban J connectivity index is 0. The smallest absolute Gasteiger partial charge is 0.225 e. The highest BCUT2D eigenvalue weighted by molar-refractivity contribution is 5.81. The van der Waals surface area contributed by atoms with Crippen LogP contribution < -0.4 is 5.32 Å². The summed E-state index contributed by atoms with van der Waals surface area (Å²) >= 11 is 0. The fraction of sp³-hybridized carbons (Fsp3) is 0.857. The van der Waals surface area contributed by atoms with Crippen LogP contribution in [0.5, 0.6) is 0 Å². The number of amides is 1. The Bertz CT molecular complexity index is 112. The summed E-state index contributed by atoms with van der Waals surface area (Å²) in [6.07, 6.45) is 0.882. The van der Waals surface area contributed by atoms with Crippen LogP contribution in [0.3, 0.4) is 0 Å². The van der Waals surface area contributed by atoms with E-state index in [1.54, 1.807) is 7.05 Å². The minimum Gasteiger partial charge on any atom is -0.359 e. The number of nitrogens with one attached hydrogen (secondary N) is 1. The molecule has 0 aliphatic carbocycles. The van der Waals surface area contributed by atoms with Gasteiger partial charge in [-0.3, -0.25) is 4.79 Å². The van der Waals surface area contributed by atoms with Crippen LogP contribution >= 0.6 is 0 Å². The van der Waals surface area contributed by atoms with Crippen molar-refractivity contribution in [2.75, 3.05) is 7.05 Å². The van der Waals surface area contributed by atoms with Crippen molar-refractivity contribution in [1.82, 2.24) is 5.32 Å². The van der Waals surface area contributed by atoms with Gasteiger partial charge in [0.25, 0.3) is 0 Å². The molecule has 0 saturated carbocycles. The highest BCUT2D eigenvalue weighted by Crippen LogP contribution is 2.18. The molecule has 0 unspecified atom stereocenters. The monoisotopic (exact) mass is 131 g/mol. The van der Waals surface area contributed by atoms with E-state index in [4.69, 9.17) is 0 Å². The average Bonchev–Trinajstić information content (AvgIpc) is 1.86. The van der Waals surface area contributed by atoms with Crippen molar-refractivity contribution in [3.8, 4) is 0 Å². The summed E-state index contributed by atoms with van der Waals surface area (Å²) in [5.41, 5.74) is -0.200. The van der Waals surface area contributed by atoms with E-state index < -0.39 is 0 Å². The van der Waals surface area contributed by atoms with Crippen molar-refractivity contribution in [3.05, 3.63) is 0 Å². The molecule has 0 radical (unpaired) electrons. The van der Waals surface area contributed by atoms with E-state index in [2.05, 4.69) is 5.32 Å². The lowest BCUT2D eigenvalue weighted by atomic mass is 9.89. The minimum absolute atomic E-state index is 0. The van der Waals surface area contributed by atoms with Crippen LogP contribution in [0.2, 0.25) is 0 Å². The molecule has 0 heterocycles. The van der Waals surface area contributed by atoms with Crippen molar-refractivity contribution in [2.24, 2.45) is 5.41 Å². The summed E-state index contributed by atoms with van der Waals surface area (Å²) in [6, 6.07) is 0. The van der Waals surface area contributed by atoms with Crippen molar-refractivity contribution in [3.63, 3.8) is 0 Å². The zero-order chi connectivity index (χ0) is 7.49. The van der Waals surface area contributed by atoms with E-state index in [1.165, 1.54) is 0 Å². The lowest BCUT2D eigenvalue weighted by Crippen LogP contribution is -2.33. The first-order valence-corrected chi connectivity index (χ1v) is 3.26. The predicted octanol–water partition coefficient (Wildman–Crippen LogP) is 1.41. The summed E-state index contributed by atoms with van der Waals surface area (Å²) in [6.45, 7) is 5.88. The summed E-state index contributed by atoms with van der Waals surface area (Å²) in [5, 5.41) is 2.62. The van der Waals surface area contributed by atoms with Gasteiger partial charge in [0.05, 0.1) is 0 Å². The first-order valence-electron chi connectivity index (χ1n) is 3.26. The summed E-state index contributed by atoms with van der Waals surface area (Å²) in [7, 11) is 1.67. The second kappa shape index (κ2) is 2.85. The maximum atomic E-state index is 11.0. The standard InChI is InChI=1S/C7H15NO.H2/c1-5-7(2,3)6(9)8-4;/h5H2,1-4H3,(H,8,9);1H. The first-order chi connectivity index (χ1) is 4.04. The third-order valence-electron chi connectivity index (χ3n) is 1.73. The Labute approximate surface area is 58.1 Å². The van der Waals surface area contributed by atoms with Crippen LogP contribution in [0, 0.1) is 5.41 Å². The molecule has 1 amide bonds. The zero-order valence-corrected chi connectivity index (χ0v) is 6.62. The van der Waals surface area contributed by atoms with E-state index in [0.29, 0.717) is 0 Å². The van der Waals surface area contributed by atoms with E-state index in [9.17, 15) is 4.79 Å². The Hall–Kier alpha value is -0.530. The molecule has 0 aliphatic heterocycles. The van der Waals surface area contributed by atoms with Crippen molar-refractivity contribution < 1.29 is 6.22 Å². The molecule has 0 spiro atoms. The Morgan fingerprint density at radius 1 is 1.67 bits per heavy atom. The molecule has 0 aromatic heterocycles. The van der Waals surface area contributed by atoms with Crippen molar-refractivity contribution in [2.45, 2.75) is 27.2 Å². The van der Waals surface area contributed by atoms with Gasteiger partial charge in [-0.1, -0.05) is 20.8 Å². The van der Waals surface area contributed by atoms with Crippen LogP contribution in [0.4, 0.5) is 0 Å². The van der Waals surface area contributed by atoms with Crippen LogP contribution in [-0.4, -0.2) is 13.0 Å². The van der Waals surface area contributed by atoms with Gasteiger partial charge in [-0.2, -0.15) is 0 Å². The molecule has 2 nitrogen and oxygen atoms in total. The van der Waals surface area contributed by atoms with Crippen molar-refractivity contribution in [1.29, 1.82) is 0 Å². The largest absolute Gasteiger partial charge is 0.359 e. The van der Waals surface area contributed by atoms with Gasteiger partial charge in [0, 0.05) is 13.9 Å². The van der Waals surface area contributed by atoms with E-state index in [-0.39, 0.29) is 12.7 Å². The predicted molar refractivity (Wildman–Crippen MR) is 40.3 cm³/mol. The third-order valence-corrected chi connectivity index (χ3v) is 1.73. The number of carbonyl (C=O) groups excluding carboxylic acids is 1. The summed E-state index contributed by atoms with van der Waals surface area (Å²) in [4.78, 5) is 11.0. The van der Waals surface area contributed by atoms with E-state index >= 15 is 0 Å². The number of hydrogen-bond donors (Lipinski definition) is 1. The summed E-state index contributed by atoms with van der Waals surface area (Å²) < 4.78 is 0. The molecular weight excluding hydrogens is 114 g/mol. The van der Waals surface area contributed by atoms with Crippen LogP contribution in [0.25, 0.3) is 0 Å². The summed E-state index contributed by atoms with van der Waals surface area (Å²) in [5.74, 6) is 0.116. The number of hydrogen-bond acceptors (Lipinski definition) is 1. The van der Waals surface area contributed by atoms with Gasteiger partial charge in [0.2, 0.25) is 5.91 Å². The van der Waals surface area contributed by atoms with Crippen molar-refractivity contribution >= 4 is 5.91 Å². The highest BCUT2D eigenvalue weighted by Gasteiger charge is 2.23. The lowest BCUT2D eigenvalue weighted by Gasteiger charge is -2.19. The maximum Gasteiger partial charge on any atom is 0.225 e. The van der Waals surface area contributed by atoms with Crippen LogP contribution in [-0.2, 0) is 4.79 Å². The molecule has 0 aliphatic rings. The van der Waals surface area contributed by atoms with Gasteiger partial charge in [0.1, 0.15) is 0 Å². The Morgan fingerprint density at radius 2 is 2.11 bits per heavy atom. The highest BCUT2D eigenvalue weighted by atomic mass is 16.2. The minimum atomic E-state index is -0.200. The first kappa shape index (κ1) is 8.47. The number of carbonyl (C=O) groups is 1. The van der Waals surface area contributed by atoms with E-state index in [1.807, 2.05) is 20.8 Å². The van der Waals surface area contributed by atoms with Gasteiger partial charge in [-0.15, -0.1) is 0 Å².